The standard InChI is InChI=1S/C13H15F2O/c1-10(13(14)15)8-11(2)16-9-12-6-4-3-5-7-12/h3-8,11,13H,1,9H2,2H3. The van der Waals surface area contributed by atoms with Crippen LogP contribution < -0.4 is 0 Å². The highest BCUT2D eigenvalue weighted by Gasteiger charge is 2.13. The molecular weight excluding hydrogens is 210 g/mol. The molecule has 0 aliphatic carbocycles. The normalized spacial score (nSPS) is 12.8. The monoisotopic (exact) mass is 225 g/mol. The van der Waals surface area contributed by atoms with E-state index in [2.05, 4.69) is 6.58 Å². The maximum atomic E-state index is 12.2. The number of benzene rings is 1. The molecule has 1 atom stereocenters. The molecule has 3 heteroatoms. The minimum Gasteiger partial charge on any atom is -0.373 e. The molecule has 1 unspecified atom stereocenters. The summed E-state index contributed by atoms with van der Waals surface area (Å²) in [6, 6.07) is 9.58. The third-order valence-corrected chi connectivity index (χ3v) is 2.08. The summed E-state index contributed by atoms with van der Waals surface area (Å²) in [6.45, 7) is 5.39. The van der Waals surface area contributed by atoms with Crippen molar-refractivity contribution >= 4 is 0 Å². The van der Waals surface area contributed by atoms with Crippen molar-refractivity contribution in [3.63, 3.8) is 0 Å². The van der Waals surface area contributed by atoms with Gasteiger partial charge in [0.2, 0.25) is 0 Å². The van der Waals surface area contributed by atoms with E-state index in [1.165, 1.54) is 6.42 Å². The van der Waals surface area contributed by atoms with Gasteiger partial charge in [-0.2, -0.15) is 0 Å². The molecule has 87 valence electrons. The Morgan fingerprint density at radius 1 is 1.38 bits per heavy atom. The van der Waals surface area contributed by atoms with Crippen LogP contribution in [-0.4, -0.2) is 12.5 Å². The van der Waals surface area contributed by atoms with Crippen molar-refractivity contribution < 1.29 is 13.5 Å². The summed E-state index contributed by atoms with van der Waals surface area (Å²) in [5.74, 6) is 0. The van der Waals surface area contributed by atoms with Crippen LogP contribution in [0.3, 0.4) is 0 Å². The van der Waals surface area contributed by atoms with Crippen LogP contribution in [-0.2, 0) is 11.3 Å². The molecule has 1 nitrogen and oxygen atoms in total. The van der Waals surface area contributed by atoms with Crippen molar-refractivity contribution in [2.75, 3.05) is 0 Å². The van der Waals surface area contributed by atoms with E-state index in [-0.39, 0.29) is 11.7 Å². The lowest BCUT2D eigenvalue weighted by Crippen LogP contribution is -2.12. The fourth-order valence-corrected chi connectivity index (χ4v) is 1.22. The largest absolute Gasteiger partial charge is 0.373 e. The molecule has 1 rings (SSSR count). The fraction of sp³-hybridized carbons (Fsp3) is 0.308. The van der Waals surface area contributed by atoms with E-state index in [1.54, 1.807) is 6.92 Å². The van der Waals surface area contributed by atoms with Gasteiger partial charge < -0.3 is 4.74 Å². The highest BCUT2D eigenvalue weighted by molar-refractivity contribution is 5.15. The van der Waals surface area contributed by atoms with Gasteiger partial charge in [-0.15, -0.1) is 0 Å². The average molecular weight is 225 g/mol. The van der Waals surface area contributed by atoms with Crippen LogP contribution in [0.25, 0.3) is 0 Å². The first-order valence-corrected chi connectivity index (χ1v) is 5.07. The predicted molar refractivity (Wildman–Crippen MR) is 60.1 cm³/mol. The Bertz CT molecular complexity index is 322. The second kappa shape index (κ2) is 6.38. The Balaban J connectivity index is 2.30. The third kappa shape index (κ3) is 4.53. The SMILES string of the molecule is C=C([CH]C(C)OCc1ccccc1)C(F)F. The summed E-state index contributed by atoms with van der Waals surface area (Å²) in [7, 11) is 0. The van der Waals surface area contributed by atoms with Crippen LogP contribution >= 0.6 is 0 Å². The first kappa shape index (κ1) is 12.8. The first-order chi connectivity index (χ1) is 7.59. The van der Waals surface area contributed by atoms with Gasteiger partial charge in [0.15, 0.2) is 0 Å². The van der Waals surface area contributed by atoms with Crippen LogP contribution in [0.15, 0.2) is 42.5 Å². The molecule has 16 heavy (non-hydrogen) atoms. The van der Waals surface area contributed by atoms with Crippen molar-refractivity contribution in [2.24, 2.45) is 0 Å². The molecule has 0 aliphatic rings. The van der Waals surface area contributed by atoms with Crippen molar-refractivity contribution in [3.05, 3.63) is 54.5 Å². The zero-order valence-corrected chi connectivity index (χ0v) is 9.20. The highest BCUT2D eigenvalue weighted by atomic mass is 19.3. The molecule has 0 spiro atoms. The third-order valence-electron chi connectivity index (χ3n) is 2.08. The number of halogens is 2. The van der Waals surface area contributed by atoms with Gasteiger partial charge in [-0.3, -0.25) is 0 Å². The number of ether oxygens (including phenoxy) is 1. The van der Waals surface area contributed by atoms with Crippen LogP contribution in [0.5, 0.6) is 0 Å². The van der Waals surface area contributed by atoms with Crippen molar-refractivity contribution in [2.45, 2.75) is 26.1 Å². The Labute approximate surface area is 94.7 Å². The molecule has 0 aromatic heterocycles. The maximum absolute atomic E-state index is 12.2. The number of rotatable bonds is 6. The molecule has 0 saturated heterocycles. The molecule has 0 fully saturated rings. The van der Waals surface area contributed by atoms with Gasteiger partial charge >= 0.3 is 0 Å². The summed E-state index contributed by atoms with van der Waals surface area (Å²) in [4.78, 5) is 0. The second-order valence-corrected chi connectivity index (χ2v) is 3.54. The van der Waals surface area contributed by atoms with E-state index in [1.807, 2.05) is 30.3 Å². The van der Waals surface area contributed by atoms with Gasteiger partial charge in [-0.05, 0) is 18.1 Å². The lowest BCUT2D eigenvalue weighted by Gasteiger charge is -2.13. The van der Waals surface area contributed by atoms with E-state index in [4.69, 9.17) is 4.74 Å². The van der Waals surface area contributed by atoms with E-state index < -0.39 is 6.43 Å². The molecule has 0 N–H and O–H groups in total. The molecule has 0 aliphatic heterocycles. The van der Waals surface area contributed by atoms with Gasteiger partial charge in [-0.1, -0.05) is 36.9 Å². The minimum absolute atomic E-state index is 0.194. The number of hydrogen-bond acceptors (Lipinski definition) is 1. The number of alkyl halides is 2. The lowest BCUT2D eigenvalue weighted by atomic mass is 10.1. The maximum Gasteiger partial charge on any atom is 0.260 e. The minimum atomic E-state index is -2.51. The van der Waals surface area contributed by atoms with Crippen LogP contribution in [0.4, 0.5) is 8.78 Å². The second-order valence-electron chi connectivity index (χ2n) is 3.54. The molecule has 0 heterocycles. The van der Waals surface area contributed by atoms with Crippen molar-refractivity contribution in [3.8, 4) is 0 Å². The zero-order valence-electron chi connectivity index (χ0n) is 9.20. The fourth-order valence-electron chi connectivity index (χ4n) is 1.22. The number of hydrogen-bond donors (Lipinski definition) is 0. The summed E-state index contributed by atoms with van der Waals surface area (Å²) >= 11 is 0. The van der Waals surface area contributed by atoms with Gasteiger partial charge in [-0.25, -0.2) is 8.78 Å². The Hall–Kier alpha value is -1.22. The molecular formula is C13H15F2O. The molecule has 1 radical (unpaired) electrons. The van der Waals surface area contributed by atoms with Gasteiger partial charge in [0.05, 0.1) is 12.7 Å². The van der Waals surface area contributed by atoms with E-state index in [9.17, 15) is 8.78 Å². The Kier molecular flexibility index (Phi) is 5.12. The molecule has 0 bridgehead atoms. The Morgan fingerprint density at radius 3 is 2.56 bits per heavy atom. The van der Waals surface area contributed by atoms with Crippen LogP contribution in [0.2, 0.25) is 0 Å². The van der Waals surface area contributed by atoms with Crippen LogP contribution in [0, 0.1) is 6.42 Å². The quantitative estimate of drug-likeness (QED) is 0.718. The summed E-state index contributed by atoms with van der Waals surface area (Å²) in [5, 5.41) is 0. The predicted octanol–water partition coefficient (Wildman–Crippen LogP) is 3.62. The molecule has 0 saturated carbocycles. The highest BCUT2D eigenvalue weighted by Crippen LogP contribution is 2.14. The summed E-state index contributed by atoms with van der Waals surface area (Å²) in [5.41, 5.74) is 0.825. The van der Waals surface area contributed by atoms with Crippen LogP contribution in [0.1, 0.15) is 12.5 Å². The summed E-state index contributed by atoms with van der Waals surface area (Å²) in [6.07, 6.45) is -1.53. The molecule has 1 aromatic carbocycles. The summed E-state index contributed by atoms with van der Waals surface area (Å²) < 4.78 is 29.7. The van der Waals surface area contributed by atoms with E-state index >= 15 is 0 Å². The van der Waals surface area contributed by atoms with E-state index in [0.717, 1.165) is 5.56 Å². The Morgan fingerprint density at radius 2 is 2.00 bits per heavy atom. The average Bonchev–Trinajstić information content (AvgIpc) is 2.27. The van der Waals surface area contributed by atoms with E-state index in [0.29, 0.717) is 6.61 Å². The zero-order chi connectivity index (χ0) is 12.0. The van der Waals surface area contributed by atoms with Crippen molar-refractivity contribution in [1.29, 1.82) is 0 Å². The van der Waals surface area contributed by atoms with Crippen molar-refractivity contribution in [1.82, 2.24) is 0 Å². The molecule has 1 aromatic rings. The smallest absolute Gasteiger partial charge is 0.260 e. The lowest BCUT2D eigenvalue weighted by molar-refractivity contribution is 0.0716. The topological polar surface area (TPSA) is 9.23 Å². The molecule has 0 amide bonds. The van der Waals surface area contributed by atoms with Gasteiger partial charge in [0.25, 0.3) is 6.43 Å². The van der Waals surface area contributed by atoms with Gasteiger partial charge in [0, 0.05) is 6.42 Å². The first-order valence-electron chi connectivity index (χ1n) is 5.07. The van der Waals surface area contributed by atoms with Gasteiger partial charge in [0.1, 0.15) is 0 Å².